The van der Waals surface area contributed by atoms with Gasteiger partial charge in [0.2, 0.25) is 0 Å². The van der Waals surface area contributed by atoms with Gasteiger partial charge in [-0.05, 0) is 68.9 Å². The number of fused-ring (bicyclic) bond motifs is 5. The first-order valence-corrected chi connectivity index (χ1v) is 16.1. The van der Waals surface area contributed by atoms with Crippen LogP contribution in [-0.4, -0.2) is 16.8 Å². The largest absolute Gasteiger partial charge is 0.387 e. The van der Waals surface area contributed by atoms with Gasteiger partial charge >= 0.3 is 0 Å². The number of hydrogen-bond acceptors (Lipinski definition) is 3. The van der Waals surface area contributed by atoms with Gasteiger partial charge < -0.3 is 15.2 Å². The number of aromatic nitrogens is 1. The molecule has 0 amide bonds. The Bertz CT molecular complexity index is 2410. The van der Waals surface area contributed by atoms with Crippen molar-refractivity contribution < 1.29 is 0 Å². The molecule has 0 bridgehead atoms. The van der Waals surface area contributed by atoms with Gasteiger partial charge in [0.1, 0.15) is 6.17 Å². The van der Waals surface area contributed by atoms with E-state index in [2.05, 4.69) is 173 Å². The molecule has 0 radical (unpaired) electrons. The number of para-hydroxylation sites is 1. The summed E-state index contributed by atoms with van der Waals surface area (Å²) in [6, 6.07) is 49.9. The number of nitrogens with one attached hydrogen (secondary N) is 2. The van der Waals surface area contributed by atoms with Crippen LogP contribution in [0, 0.1) is 0 Å². The fourth-order valence-electron chi connectivity index (χ4n) is 6.94. The monoisotopic (exact) mass is 604 g/mol. The normalized spacial score (nSPS) is 16.0. The third kappa shape index (κ3) is 4.82. The molecule has 224 valence electrons. The average molecular weight is 605 g/mol. The van der Waals surface area contributed by atoms with E-state index in [1.807, 2.05) is 6.07 Å². The maximum absolute atomic E-state index is 5.21. The quantitative estimate of drug-likeness (QED) is 0.205. The number of hydrogen-bond donors (Lipinski definition) is 2. The van der Waals surface area contributed by atoms with Gasteiger partial charge in [-0.3, -0.25) is 4.99 Å². The number of nitrogens with zero attached hydrogens (tertiary/aromatic N) is 2. The molecule has 47 heavy (non-hydrogen) atoms. The van der Waals surface area contributed by atoms with Crippen LogP contribution in [0.5, 0.6) is 0 Å². The maximum atomic E-state index is 5.21. The standard InChI is InChI=1S/C43H32N4/c1-2-10-33(11-3-1)43-45-38(31-18-16-29(17-19-31)34-12-8-26-44-28-34)27-39(46-43)32-20-23-35(24-21-32)47-40-15-7-6-14-37(40)42-36-13-5-4-9-30(36)22-25-41(42)47/h1-25,27-28,43-45H,26H2. The summed E-state index contributed by atoms with van der Waals surface area (Å²) in [6.45, 7) is 0.873. The minimum atomic E-state index is -0.190. The van der Waals surface area contributed by atoms with Crippen molar-refractivity contribution in [1.82, 2.24) is 15.2 Å². The Morgan fingerprint density at radius 2 is 1.34 bits per heavy atom. The van der Waals surface area contributed by atoms with E-state index >= 15 is 0 Å². The SMILES string of the molecule is C1=CC(c2ccc(C3=CC(c4ccc(-n5c6ccccc6c6c7ccccc7ccc65)cc4)=NC(c4ccccc4)N3)cc2)=CNC1. The number of aliphatic imine (C=N–C) groups is 1. The molecular formula is C43H32N4. The number of allylic oxidation sites excluding steroid dienone is 3. The van der Waals surface area contributed by atoms with Gasteiger partial charge in [0.05, 0.1) is 16.7 Å². The highest BCUT2D eigenvalue weighted by molar-refractivity contribution is 6.21. The Morgan fingerprint density at radius 3 is 2.15 bits per heavy atom. The van der Waals surface area contributed by atoms with Crippen molar-refractivity contribution in [2.45, 2.75) is 6.17 Å². The summed E-state index contributed by atoms with van der Waals surface area (Å²) in [7, 11) is 0. The number of dihydropyridines is 1. The third-order valence-electron chi connectivity index (χ3n) is 9.26. The van der Waals surface area contributed by atoms with Gasteiger partial charge in [-0.2, -0.15) is 0 Å². The first-order valence-electron chi connectivity index (χ1n) is 16.1. The Morgan fingerprint density at radius 1 is 0.617 bits per heavy atom. The highest BCUT2D eigenvalue weighted by Gasteiger charge is 2.20. The summed E-state index contributed by atoms with van der Waals surface area (Å²) in [4.78, 5) is 5.21. The molecule has 9 rings (SSSR count). The van der Waals surface area contributed by atoms with Gasteiger partial charge in [0.15, 0.2) is 0 Å². The van der Waals surface area contributed by atoms with E-state index in [-0.39, 0.29) is 6.17 Å². The lowest BCUT2D eigenvalue weighted by Crippen LogP contribution is -2.24. The van der Waals surface area contributed by atoms with Crippen LogP contribution in [0.15, 0.2) is 169 Å². The minimum Gasteiger partial charge on any atom is -0.387 e. The summed E-state index contributed by atoms with van der Waals surface area (Å²) in [5.74, 6) is 0. The van der Waals surface area contributed by atoms with Gasteiger partial charge in [0.25, 0.3) is 0 Å². The van der Waals surface area contributed by atoms with Gasteiger partial charge in [0, 0.05) is 34.9 Å². The Balaban J connectivity index is 1.12. The molecule has 6 aromatic carbocycles. The molecule has 3 heterocycles. The Hall–Kier alpha value is -6.13. The molecule has 4 nitrogen and oxygen atoms in total. The molecule has 1 atom stereocenters. The highest BCUT2D eigenvalue weighted by atomic mass is 15.1. The molecule has 2 aliphatic heterocycles. The van der Waals surface area contributed by atoms with E-state index in [1.54, 1.807) is 0 Å². The van der Waals surface area contributed by atoms with E-state index in [0.29, 0.717) is 0 Å². The van der Waals surface area contributed by atoms with Crippen molar-refractivity contribution in [2.75, 3.05) is 6.54 Å². The predicted molar refractivity (Wildman–Crippen MR) is 197 cm³/mol. The fraction of sp³-hybridized carbons (Fsp3) is 0.0465. The lowest BCUT2D eigenvalue weighted by atomic mass is 9.99. The third-order valence-corrected chi connectivity index (χ3v) is 9.26. The molecule has 2 aliphatic rings. The number of benzene rings is 6. The van der Waals surface area contributed by atoms with Crippen molar-refractivity contribution >= 4 is 49.6 Å². The van der Waals surface area contributed by atoms with Gasteiger partial charge in [-0.15, -0.1) is 0 Å². The lowest BCUT2D eigenvalue weighted by molar-refractivity contribution is 0.664. The van der Waals surface area contributed by atoms with Crippen molar-refractivity contribution in [3.05, 3.63) is 186 Å². The summed E-state index contributed by atoms with van der Waals surface area (Å²) < 4.78 is 2.38. The molecule has 0 saturated carbocycles. The molecule has 7 aromatic rings. The van der Waals surface area contributed by atoms with Gasteiger partial charge in [-0.1, -0.05) is 127 Å². The van der Waals surface area contributed by atoms with Crippen LogP contribution >= 0.6 is 0 Å². The Labute approximate surface area is 273 Å². The van der Waals surface area contributed by atoms with Crippen LogP contribution in [-0.2, 0) is 0 Å². The Kier molecular flexibility index (Phi) is 6.57. The molecule has 1 aromatic heterocycles. The zero-order chi connectivity index (χ0) is 31.2. The first-order chi connectivity index (χ1) is 23.3. The van der Waals surface area contributed by atoms with Crippen molar-refractivity contribution in [2.24, 2.45) is 4.99 Å². The molecule has 2 N–H and O–H groups in total. The summed E-state index contributed by atoms with van der Waals surface area (Å²) >= 11 is 0. The summed E-state index contributed by atoms with van der Waals surface area (Å²) in [5.41, 5.74) is 11.3. The van der Waals surface area contributed by atoms with E-state index < -0.39 is 0 Å². The predicted octanol–water partition coefficient (Wildman–Crippen LogP) is 9.57. The zero-order valence-electron chi connectivity index (χ0n) is 25.8. The van der Waals surface area contributed by atoms with Crippen molar-refractivity contribution in [1.29, 1.82) is 0 Å². The van der Waals surface area contributed by atoms with Crippen LogP contribution in [0.25, 0.3) is 49.5 Å². The zero-order valence-corrected chi connectivity index (χ0v) is 25.8. The molecule has 1 unspecified atom stereocenters. The van der Waals surface area contributed by atoms with Crippen molar-refractivity contribution in [3.63, 3.8) is 0 Å². The summed E-state index contributed by atoms with van der Waals surface area (Å²) in [5, 5.41) is 12.1. The first kappa shape index (κ1) is 27.2. The van der Waals surface area contributed by atoms with Crippen LogP contribution in [0.3, 0.4) is 0 Å². The molecule has 0 saturated heterocycles. The van der Waals surface area contributed by atoms with Crippen LogP contribution < -0.4 is 10.6 Å². The lowest BCUT2D eigenvalue weighted by Gasteiger charge is -2.25. The second-order valence-electron chi connectivity index (χ2n) is 12.1. The fourth-order valence-corrected chi connectivity index (χ4v) is 6.94. The highest BCUT2D eigenvalue weighted by Crippen LogP contribution is 2.37. The molecule has 0 fully saturated rings. The van der Waals surface area contributed by atoms with Crippen molar-refractivity contribution in [3.8, 4) is 5.69 Å². The molecule has 0 spiro atoms. The second-order valence-corrected chi connectivity index (χ2v) is 12.1. The molecule has 0 aliphatic carbocycles. The van der Waals surface area contributed by atoms with Crippen LogP contribution in [0.1, 0.15) is 28.4 Å². The van der Waals surface area contributed by atoms with Crippen LogP contribution in [0.2, 0.25) is 0 Å². The van der Waals surface area contributed by atoms with E-state index in [1.165, 1.54) is 43.7 Å². The van der Waals surface area contributed by atoms with E-state index in [0.717, 1.165) is 40.3 Å². The molecular weight excluding hydrogens is 573 g/mol. The number of rotatable bonds is 5. The topological polar surface area (TPSA) is 41.4 Å². The minimum absolute atomic E-state index is 0.190. The van der Waals surface area contributed by atoms with Gasteiger partial charge in [-0.25, -0.2) is 0 Å². The average Bonchev–Trinajstić information content (AvgIpc) is 3.50. The van der Waals surface area contributed by atoms with E-state index in [4.69, 9.17) is 4.99 Å². The summed E-state index contributed by atoms with van der Waals surface area (Å²) in [6.07, 6.45) is 8.39. The van der Waals surface area contributed by atoms with Crippen LogP contribution in [0.4, 0.5) is 0 Å². The van der Waals surface area contributed by atoms with E-state index in [9.17, 15) is 0 Å². The molecule has 4 heteroatoms. The second kappa shape index (κ2) is 11.3. The maximum Gasteiger partial charge on any atom is 0.145 e. The smallest absolute Gasteiger partial charge is 0.145 e.